The van der Waals surface area contributed by atoms with Crippen molar-refractivity contribution in [3.8, 4) is 0 Å². The van der Waals surface area contributed by atoms with Crippen LogP contribution in [0.5, 0.6) is 0 Å². The lowest BCUT2D eigenvalue weighted by Gasteiger charge is -2.34. The molecule has 1 aromatic heterocycles. The molecule has 1 N–H and O–H groups in total. The summed E-state index contributed by atoms with van der Waals surface area (Å²) in [7, 11) is 0. The topological polar surface area (TPSA) is 106 Å². The van der Waals surface area contributed by atoms with Crippen molar-refractivity contribution >= 4 is 28.8 Å². The Morgan fingerprint density at radius 2 is 1.68 bits per heavy atom. The predicted octanol–water partition coefficient (Wildman–Crippen LogP) is 1.50. The van der Waals surface area contributed by atoms with Gasteiger partial charge in [0.15, 0.2) is 0 Å². The van der Waals surface area contributed by atoms with E-state index in [-0.39, 0.29) is 11.8 Å². The van der Waals surface area contributed by atoms with E-state index in [0.717, 1.165) is 5.69 Å². The molecular weight excluding hydrogens is 380 g/mol. The van der Waals surface area contributed by atoms with E-state index in [2.05, 4.69) is 9.71 Å². The Morgan fingerprint density at radius 3 is 2.25 bits per heavy atom. The van der Waals surface area contributed by atoms with E-state index in [4.69, 9.17) is 0 Å². The Labute approximate surface area is 166 Å². The van der Waals surface area contributed by atoms with Gasteiger partial charge in [-0.3, -0.25) is 13.8 Å². The number of benzene rings is 1. The molecule has 0 spiro atoms. The van der Waals surface area contributed by atoms with Crippen molar-refractivity contribution in [3.05, 3.63) is 58.9 Å². The molecule has 1 fully saturated rings. The fourth-order valence-electron chi connectivity index (χ4n) is 3.12. The zero-order chi connectivity index (χ0) is 20.3. The Morgan fingerprint density at radius 1 is 1.04 bits per heavy atom. The molecule has 2 amide bonds. The molecule has 1 aliphatic rings. The minimum atomic E-state index is -2.41. The molecule has 1 aromatic carbocycles. The molecule has 0 aliphatic carbocycles. The number of carbonyl (C=O) groups excluding carboxylic acids is 2. The first-order valence-electron chi connectivity index (χ1n) is 8.84. The number of anilines is 1. The van der Waals surface area contributed by atoms with Crippen LogP contribution in [0.2, 0.25) is 0 Å². The first kappa shape index (κ1) is 20.0. The molecule has 0 bridgehead atoms. The van der Waals surface area contributed by atoms with Gasteiger partial charge in [-0.05, 0) is 49.7 Å². The molecule has 1 saturated heterocycles. The van der Waals surface area contributed by atoms with Crippen molar-refractivity contribution in [2.45, 2.75) is 13.8 Å². The highest BCUT2D eigenvalue weighted by Crippen LogP contribution is 2.19. The molecule has 2 heterocycles. The van der Waals surface area contributed by atoms with E-state index in [1.54, 1.807) is 47.1 Å². The van der Waals surface area contributed by atoms with Crippen molar-refractivity contribution < 1.29 is 18.4 Å². The molecule has 1 atom stereocenters. The fraction of sp³-hybridized carbons (Fsp3) is 0.316. The number of nitrogens with one attached hydrogen (secondary N) is 1. The van der Waals surface area contributed by atoms with Crippen LogP contribution >= 0.6 is 0 Å². The largest absolute Gasteiger partial charge is 0.755 e. The second-order valence-electron chi connectivity index (χ2n) is 6.62. The molecule has 28 heavy (non-hydrogen) atoms. The molecule has 9 heteroatoms. The third kappa shape index (κ3) is 4.55. The monoisotopic (exact) mass is 401 g/mol. The molecule has 1 unspecified atom stereocenters. The third-order valence-electron chi connectivity index (χ3n) is 4.63. The first-order valence-corrected chi connectivity index (χ1v) is 9.91. The summed E-state index contributed by atoms with van der Waals surface area (Å²) in [4.78, 5) is 33.0. The van der Waals surface area contributed by atoms with Gasteiger partial charge in [0.1, 0.15) is 5.69 Å². The minimum Gasteiger partial charge on any atom is -0.755 e. The van der Waals surface area contributed by atoms with Gasteiger partial charge in [0.25, 0.3) is 11.8 Å². The van der Waals surface area contributed by atoms with E-state index in [1.807, 2.05) is 13.0 Å². The van der Waals surface area contributed by atoms with Gasteiger partial charge in [-0.25, -0.2) is 4.98 Å². The quantitative estimate of drug-likeness (QED) is 0.782. The summed E-state index contributed by atoms with van der Waals surface area (Å²) in [5, 5.41) is 0. The van der Waals surface area contributed by atoms with Crippen LogP contribution in [0, 0.1) is 13.8 Å². The molecule has 148 valence electrons. The summed E-state index contributed by atoms with van der Waals surface area (Å²) in [6, 6.07) is 10.2. The molecule has 2 aromatic rings. The van der Waals surface area contributed by atoms with Gasteiger partial charge >= 0.3 is 0 Å². The molecule has 0 saturated carbocycles. The van der Waals surface area contributed by atoms with Crippen LogP contribution in [0.3, 0.4) is 0 Å². The number of rotatable bonds is 4. The van der Waals surface area contributed by atoms with Crippen LogP contribution in [0.1, 0.15) is 32.1 Å². The Kier molecular flexibility index (Phi) is 6.05. The number of aryl methyl sites for hydroxylation is 2. The second-order valence-corrected chi connectivity index (χ2v) is 7.29. The van der Waals surface area contributed by atoms with Crippen LogP contribution in [-0.2, 0) is 11.3 Å². The Balaban J connectivity index is 1.63. The standard InChI is InChI=1S/C19H22N4O4S/c1-13-12-15(6-7-16(13)21-28(26)27)18(24)22-8-10-23(11-9-22)19(25)17-5-3-4-14(2)20-17/h3-7,12,21H,8-11H2,1-2H3,(H,26,27)/p-1. The number of nitrogens with zero attached hydrogens (tertiary/aromatic N) is 3. The van der Waals surface area contributed by atoms with Gasteiger partial charge in [-0.1, -0.05) is 6.07 Å². The number of carbonyl (C=O) groups is 2. The van der Waals surface area contributed by atoms with E-state index in [9.17, 15) is 18.4 Å². The highest BCUT2D eigenvalue weighted by Gasteiger charge is 2.26. The number of pyridine rings is 1. The number of aromatic nitrogens is 1. The summed E-state index contributed by atoms with van der Waals surface area (Å²) in [6.07, 6.45) is 0. The van der Waals surface area contributed by atoms with Crippen molar-refractivity contribution in [2.24, 2.45) is 0 Å². The molecular formula is C19H21N4O4S-. The van der Waals surface area contributed by atoms with Crippen molar-refractivity contribution in [3.63, 3.8) is 0 Å². The van der Waals surface area contributed by atoms with Gasteiger partial charge in [0.05, 0.1) is 0 Å². The SMILES string of the molecule is Cc1cccc(C(=O)N2CCN(C(=O)c3ccc(NS(=O)[O-])c(C)c3)CC2)n1. The van der Waals surface area contributed by atoms with Gasteiger partial charge in [0, 0.05) is 54.4 Å². The number of piperazine rings is 1. The molecule has 8 nitrogen and oxygen atoms in total. The fourth-order valence-corrected chi connectivity index (χ4v) is 3.53. The average Bonchev–Trinajstić information content (AvgIpc) is 2.68. The average molecular weight is 401 g/mol. The normalized spacial score (nSPS) is 15.2. The lowest BCUT2D eigenvalue weighted by atomic mass is 10.1. The van der Waals surface area contributed by atoms with Crippen LogP contribution in [-0.4, -0.2) is 61.5 Å². The van der Waals surface area contributed by atoms with E-state index in [0.29, 0.717) is 48.7 Å². The molecule has 3 rings (SSSR count). The highest BCUT2D eigenvalue weighted by molar-refractivity contribution is 7.80. The summed E-state index contributed by atoms with van der Waals surface area (Å²) in [5.74, 6) is -0.272. The maximum atomic E-state index is 12.7. The van der Waals surface area contributed by atoms with Crippen LogP contribution in [0.4, 0.5) is 5.69 Å². The summed E-state index contributed by atoms with van der Waals surface area (Å²) in [5.41, 5.74) is 2.78. The maximum Gasteiger partial charge on any atom is 0.272 e. The van der Waals surface area contributed by atoms with Crippen molar-refractivity contribution in [2.75, 3.05) is 30.9 Å². The van der Waals surface area contributed by atoms with E-state index in [1.165, 1.54) is 0 Å². The lowest BCUT2D eigenvalue weighted by Crippen LogP contribution is -2.50. The number of amides is 2. The third-order valence-corrected chi connectivity index (χ3v) is 5.01. The Bertz CT molecular complexity index is 926. The van der Waals surface area contributed by atoms with Crippen LogP contribution in [0.15, 0.2) is 36.4 Å². The molecule has 1 aliphatic heterocycles. The predicted molar refractivity (Wildman–Crippen MR) is 105 cm³/mol. The van der Waals surface area contributed by atoms with Gasteiger partial charge in [-0.2, -0.15) is 0 Å². The molecule has 0 radical (unpaired) electrons. The van der Waals surface area contributed by atoms with Crippen molar-refractivity contribution in [1.82, 2.24) is 14.8 Å². The first-order chi connectivity index (χ1) is 13.3. The van der Waals surface area contributed by atoms with E-state index < -0.39 is 11.3 Å². The van der Waals surface area contributed by atoms with Crippen molar-refractivity contribution in [1.29, 1.82) is 0 Å². The van der Waals surface area contributed by atoms with Crippen LogP contribution < -0.4 is 4.72 Å². The second kappa shape index (κ2) is 8.49. The zero-order valence-electron chi connectivity index (χ0n) is 15.7. The highest BCUT2D eigenvalue weighted by atomic mass is 32.2. The van der Waals surface area contributed by atoms with E-state index >= 15 is 0 Å². The summed E-state index contributed by atoms with van der Waals surface area (Å²) in [6.45, 7) is 5.31. The number of hydrogen-bond donors (Lipinski definition) is 1. The van der Waals surface area contributed by atoms with Gasteiger partial charge < -0.3 is 19.1 Å². The summed E-state index contributed by atoms with van der Waals surface area (Å²) < 4.78 is 23.8. The summed E-state index contributed by atoms with van der Waals surface area (Å²) >= 11 is -2.41. The minimum absolute atomic E-state index is 0.132. The lowest BCUT2D eigenvalue weighted by molar-refractivity contribution is 0.0532. The smallest absolute Gasteiger partial charge is 0.272 e. The maximum absolute atomic E-state index is 12.7. The van der Waals surface area contributed by atoms with Crippen LogP contribution in [0.25, 0.3) is 0 Å². The van der Waals surface area contributed by atoms with Gasteiger partial charge in [0.2, 0.25) is 0 Å². The van der Waals surface area contributed by atoms with Gasteiger partial charge in [-0.15, -0.1) is 0 Å². The number of hydrogen-bond acceptors (Lipinski definition) is 5. The Hall–Kier alpha value is -2.78. The zero-order valence-corrected chi connectivity index (χ0v) is 16.5.